The molecule has 8 rings (SSSR count). The van der Waals surface area contributed by atoms with Crippen LogP contribution in [0.15, 0.2) is 115 Å². The van der Waals surface area contributed by atoms with Gasteiger partial charge in [-0.05, 0) is 52.6 Å². The predicted octanol–water partition coefficient (Wildman–Crippen LogP) is 8.50. The van der Waals surface area contributed by atoms with Crippen LogP contribution in [0, 0.1) is 0 Å². The molecule has 0 N–H and O–H groups in total. The average molecular weight is 502 g/mol. The summed E-state index contributed by atoms with van der Waals surface area (Å²) >= 11 is 0. The predicted molar refractivity (Wildman–Crippen MR) is 163 cm³/mol. The highest BCUT2D eigenvalue weighted by molar-refractivity contribution is 6.89. The summed E-state index contributed by atoms with van der Waals surface area (Å²) in [6.07, 6.45) is 1.97. The van der Waals surface area contributed by atoms with E-state index >= 15 is 0 Å². The van der Waals surface area contributed by atoms with Crippen molar-refractivity contribution < 1.29 is 0 Å². The number of aromatic nitrogens is 1. The number of rotatable bonds is 2. The van der Waals surface area contributed by atoms with Crippen LogP contribution in [-0.2, 0) is 5.41 Å². The van der Waals surface area contributed by atoms with E-state index in [9.17, 15) is 0 Å². The second kappa shape index (κ2) is 7.51. The summed E-state index contributed by atoms with van der Waals surface area (Å²) in [4.78, 5) is 7.60. The largest absolute Gasteiger partial charge is 0.310 e. The lowest BCUT2D eigenvalue weighted by Crippen LogP contribution is -2.37. The van der Waals surface area contributed by atoms with Crippen LogP contribution in [0.1, 0.15) is 50.1 Å². The zero-order valence-electron chi connectivity index (χ0n) is 22.9. The molecule has 2 nitrogen and oxygen atoms in total. The fourth-order valence-corrected chi connectivity index (χ4v) is 8.01. The van der Waals surface area contributed by atoms with E-state index in [0.717, 1.165) is 5.69 Å². The number of hydrogen-bond donors (Lipinski definition) is 0. The molecule has 1 aliphatic carbocycles. The van der Waals surface area contributed by atoms with Crippen molar-refractivity contribution in [3.05, 3.63) is 138 Å². The van der Waals surface area contributed by atoms with Gasteiger partial charge in [-0.2, -0.15) is 0 Å². The minimum atomic E-state index is -0.483. The lowest BCUT2D eigenvalue weighted by Gasteiger charge is -2.44. The third kappa shape index (κ3) is 2.71. The molecule has 39 heavy (non-hydrogen) atoms. The molecule has 1 aromatic heterocycles. The van der Waals surface area contributed by atoms with Gasteiger partial charge in [0.05, 0.1) is 22.5 Å². The van der Waals surface area contributed by atoms with Gasteiger partial charge in [-0.25, -0.2) is 0 Å². The Balaban J connectivity index is 1.49. The van der Waals surface area contributed by atoms with E-state index in [1.807, 2.05) is 6.20 Å². The second-order valence-corrected chi connectivity index (χ2v) is 12.5. The van der Waals surface area contributed by atoms with E-state index in [1.54, 1.807) is 0 Å². The Bertz CT molecular complexity index is 1720. The third-order valence-corrected chi connectivity index (χ3v) is 10.4. The van der Waals surface area contributed by atoms with Crippen LogP contribution in [0.4, 0.5) is 17.1 Å². The van der Waals surface area contributed by atoms with E-state index in [2.05, 4.69) is 142 Å². The average Bonchev–Trinajstić information content (AvgIpc) is 3.22. The van der Waals surface area contributed by atoms with Crippen molar-refractivity contribution >= 4 is 29.2 Å². The standard InChI is InChI=1S/C36H31BN2/c1-34(2)35(3,4)37(34)24-20-21-26-27-15-12-22-38-33(27)36(30(26)23-24)28-16-8-10-18-31(28)39(25-13-6-5-7-14-25)32-19-11-9-17-29(32)36/h5-23H,1-4H3. The molecule has 0 atom stereocenters. The van der Waals surface area contributed by atoms with Gasteiger partial charge in [0.15, 0.2) is 6.71 Å². The molecule has 1 saturated heterocycles. The Morgan fingerprint density at radius 2 is 1.21 bits per heavy atom. The molecular formula is C36H31BN2. The highest BCUT2D eigenvalue weighted by atomic mass is 15.2. The third-order valence-electron chi connectivity index (χ3n) is 10.4. The first-order valence-electron chi connectivity index (χ1n) is 14.0. The molecule has 1 spiro atoms. The van der Waals surface area contributed by atoms with Gasteiger partial charge >= 0.3 is 0 Å². The van der Waals surface area contributed by atoms with Crippen molar-refractivity contribution in [2.45, 2.75) is 43.7 Å². The smallest absolute Gasteiger partial charge is 0.187 e. The van der Waals surface area contributed by atoms with E-state index in [0.29, 0.717) is 6.71 Å². The van der Waals surface area contributed by atoms with Gasteiger partial charge < -0.3 is 4.90 Å². The fraction of sp³-hybridized carbons (Fsp3) is 0.194. The fourth-order valence-electron chi connectivity index (χ4n) is 8.01. The molecule has 0 saturated carbocycles. The number of pyridine rings is 1. The Morgan fingerprint density at radius 1 is 0.590 bits per heavy atom. The molecule has 0 bridgehead atoms. The van der Waals surface area contributed by atoms with Crippen molar-refractivity contribution in [1.82, 2.24) is 4.98 Å². The summed E-state index contributed by atoms with van der Waals surface area (Å²) in [5.41, 5.74) is 12.2. The van der Waals surface area contributed by atoms with E-state index in [4.69, 9.17) is 4.98 Å². The number of fused-ring (bicyclic) bond motifs is 9. The van der Waals surface area contributed by atoms with Gasteiger partial charge in [0.2, 0.25) is 0 Å². The van der Waals surface area contributed by atoms with Crippen LogP contribution in [0.2, 0.25) is 10.6 Å². The van der Waals surface area contributed by atoms with Gasteiger partial charge in [-0.15, -0.1) is 0 Å². The van der Waals surface area contributed by atoms with Gasteiger partial charge in [-0.1, -0.05) is 123 Å². The molecule has 3 heteroatoms. The number of benzene rings is 4. The molecule has 5 aromatic rings. The second-order valence-electron chi connectivity index (χ2n) is 12.5. The van der Waals surface area contributed by atoms with Crippen molar-refractivity contribution in [2.24, 2.45) is 0 Å². The Hall–Kier alpha value is -4.11. The summed E-state index contributed by atoms with van der Waals surface area (Å²) in [6.45, 7) is 10.2. The normalized spacial score (nSPS) is 18.3. The highest BCUT2D eigenvalue weighted by Gasteiger charge is 2.68. The zero-order chi connectivity index (χ0) is 26.6. The monoisotopic (exact) mass is 502 g/mol. The van der Waals surface area contributed by atoms with E-state index < -0.39 is 5.41 Å². The summed E-state index contributed by atoms with van der Waals surface area (Å²) in [5, 5.41) is 0.537. The Labute approximate surface area is 231 Å². The van der Waals surface area contributed by atoms with Gasteiger partial charge in [0, 0.05) is 17.4 Å². The quantitative estimate of drug-likeness (QED) is 0.220. The molecule has 0 radical (unpaired) electrons. The first-order chi connectivity index (χ1) is 18.9. The van der Waals surface area contributed by atoms with E-state index in [-0.39, 0.29) is 10.6 Å². The summed E-state index contributed by atoms with van der Waals surface area (Å²) in [5.74, 6) is 0. The molecule has 0 unspecified atom stereocenters. The van der Waals surface area contributed by atoms with Crippen molar-refractivity contribution in [1.29, 1.82) is 0 Å². The van der Waals surface area contributed by atoms with Gasteiger partial charge in [0.1, 0.15) is 0 Å². The lowest BCUT2D eigenvalue weighted by molar-refractivity contribution is 0.628. The molecule has 188 valence electrons. The minimum Gasteiger partial charge on any atom is -0.310 e. The first kappa shape index (κ1) is 22.8. The maximum absolute atomic E-state index is 5.18. The van der Waals surface area contributed by atoms with Crippen LogP contribution in [-0.4, -0.2) is 11.7 Å². The van der Waals surface area contributed by atoms with Crippen LogP contribution >= 0.6 is 0 Å². The van der Waals surface area contributed by atoms with Crippen molar-refractivity contribution in [3.8, 4) is 11.1 Å². The van der Waals surface area contributed by atoms with Crippen molar-refractivity contribution in [3.63, 3.8) is 0 Å². The lowest BCUT2D eigenvalue weighted by atomic mass is 9.52. The molecule has 4 aromatic carbocycles. The zero-order valence-corrected chi connectivity index (χ0v) is 22.9. The van der Waals surface area contributed by atoms with E-state index in [1.165, 1.54) is 50.3 Å². The Morgan fingerprint density at radius 3 is 1.85 bits per heavy atom. The summed E-state index contributed by atoms with van der Waals surface area (Å²) < 4.78 is 0. The van der Waals surface area contributed by atoms with Crippen LogP contribution in [0.5, 0.6) is 0 Å². The van der Waals surface area contributed by atoms with Crippen LogP contribution in [0.25, 0.3) is 11.1 Å². The SMILES string of the molecule is CC1(C)B(c2ccc3c(c2)C2(c4ccccc4N(c4ccccc4)c4ccccc42)c2ncccc2-3)C1(C)C. The van der Waals surface area contributed by atoms with Crippen LogP contribution in [0.3, 0.4) is 0 Å². The Kier molecular flexibility index (Phi) is 4.40. The molecule has 3 aliphatic rings. The van der Waals surface area contributed by atoms with Gasteiger partial charge in [0.25, 0.3) is 0 Å². The highest BCUT2D eigenvalue weighted by Crippen LogP contribution is 2.73. The number of anilines is 3. The first-order valence-corrected chi connectivity index (χ1v) is 14.0. The minimum absolute atomic E-state index is 0.268. The summed E-state index contributed by atoms with van der Waals surface area (Å²) in [7, 11) is 0. The molecule has 2 aliphatic heterocycles. The summed E-state index contributed by atoms with van der Waals surface area (Å²) in [6, 6.07) is 40.3. The molecule has 1 fully saturated rings. The molecule has 0 amide bonds. The van der Waals surface area contributed by atoms with Gasteiger partial charge in [-0.3, -0.25) is 4.98 Å². The van der Waals surface area contributed by atoms with Crippen molar-refractivity contribution in [2.75, 3.05) is 4.90 Å². The number of nitrogens with zero attached hydrogens (tertiary/aromatic N) is 2. The molecule has 3 heterocycles. The number of hydrogen-bond acceptors (Lipinski definition) is 2. The maximum Gasteiger partial charge on any atom is 0.187 e. The molecular weight excluding hydrogens is 471 g/mol. The number of para-hydroxylation sites is 3. The topological polar surface area (TPSA) is 16.1 Å². The maximum atomic E-state index is 5.18. The van der Waals surface area contributed by atoms with Crippen LogP contribution < -0.4 is 10.4 Å².